The lowest BCUT2D eigenvalue weighted by atomic mass is 10.1. The van der Waals surface area contributed by atoms with E-state index in [0.29, 0.717) is 6.04 Å². The summed E-state index contributed by atoms with van der Waals surface area (Å²) in [7, 11) is 0. The maximum absolute atomic E-state index is 12.1. The van der Waals surface area contributed by atoms with E-state index in [4.69, 9.17) is 0 Å². The van der Waals surface area contributed by atoms with E-state index in [9.17, 15) is 9.59 Å². The monoisotopic (exact) mass is 299 g/mol. The summed E-state index contributed by atoms with van der Waals surface area (Å²) < 4.78 is 0. The van der Waals surface area contributed by atoms with Crippen LogP contribution in [0, 0.1) is 13.8 Å². The summed E-state index contributed by atoms with van der Waals surface area (Å²) in [5.74, 6) is -0.237. The van der Waals surface area contributed by atoms with Crippen LogP contribution in [0.4, 0.5) is 0 Å². The first-order chi connectivity index (χ1) is 10.5. The molecule has 2 aromatic rings. The maximum Gasteiger partial charge on any atom is 0.239 e. The highest BCUT2D eigenvalue weighted by molar-refractivity contribution is 5.92. The minimum atomic E-state index is -0.128. The second kappa shape index (κ2) is 5.83. The molecule has 1 aliphatic carbocycles. The quantitative estimate of drug-likeness (QED) is 0.786. The molecule has 0 saturated heterocycles. The average molecular weight is 299 g/mol. The van der Waals surface area contributed by atoms with E-state index in [0.717, 1.165) is 40.6 Å². The molecule has 0 bridgehead atoms. The number of fused-ring (bicyclic) bond motifs is 1. The summed E-state index contributed by atoms with van der Waals surface area (Å²) in [6.07, 6.45) is 2.38. The fraction of sp³-hybridized carbons (Fsp3) is 0.412. The summed E-state index contributed by atoms with van der Waals surface area (Å²) in [4.78, 5) is 27.0. The molecule has 1 aromatic heterocycles. The van der Waals surface area contributed by atoms with Gasteiger partial charge in [0.05, 0.1) is 13.0 Å². The molecule has 5 nitrogen and oxygen atoms in total. The molecule has 2 amide bonds. The molecule has 0 aliphatic heterocycles. The molecule has 0 spiro atoms. The van der Waals surface area contributed by atoms with Gasteiger partial charge in [0, 0.05) is 22.6 Å². The van der Waals surface area contributed by atoms with Crippen LogP contribution in [0.3, 0.4) is 0 Å². The number of aromatic nitrogens is 1. The van der Waals surface area contributed by atoms with Crippen LogP contribution in [0.2, 0.25) is 0 Å². The van der Waals surface area contributed by atoms with Gasteiger partial charge in [-0.1, -0.05) is 11.6 Å². The van der Waals surface area contributed by atoms with E-state index in [1.54, 1.807) is 0 Å². The normalized spacial score (nSPS) is 14.1. The molecule has 1 aromatic carbocycles. The number of H-pyrrole nitrogens is 1. The summed E-state index contributed by atoms with van der Waals surface area (Å²) >= 11 is 0. The molecule has 3 N–H and O–H groups in total. The van der Waals surface area contributed by atoms with E-state index < -0.39 is 0 Å². The number of amides is 2. The molecule has 0 unspecified atom stereocenters. The van der Waals surface area contributed by atoms with Gasteiger partial charge in [-0.25, -0.2) is 0 Å². The van der Waals surface area contributed by atoms with Crippen molar-refractivity contribution >= 4 is 22.7 Å². The van der Waals surface area contributed by atoms with Crippen LogP contribution in [-0.4, -0.2) is 29.4 Å². The fourth-order valence-corrected chi connectivity index (χ4v) is 2.63. The zero-order valence-corrected chi connectivity index (χ0v) is 13.0. The average Bonchev–Trinajstić information content (AvgIpc) is 3.23. The largest absolute Gasteiger partial charge is 0.358 e. The van der Waals surface area contributed by atoms with Gasteiger partial charge in [0.2, 0.25) is 11.8 Å². The molecular weight excluding hydrogens is 278 g/mol. The second-order valence-corrected chi connectivity index (χ2v) is 6.07. The van der Waals surface area contributed by atoms with E-state index in [1.807, 2.05) is 26.0 Å². The van der Waals surface area contributed by atoms with Crippen LogP contribution in [0.5, 0.6) is 0 Å². The number of benzene rings is 1. The fourth-order valence-electron chi connectivity index (χ4n) is 2.63. The third kappa shape index (κ3) is 3.30. The van der Waals surface area contributed by atoms with E-state index in [1.165, 1.54) is 0 Å². The minimum absolute atomic E-state index is 0.0514. The summed E-state index contributed by atoms with van der Waals surface area (Å²) in [5.41, 5.74) is 4.20. The number of hydrogen-bond donors (Lipinski definition) is 3. The Bertz CT molecular complexity index is 729. The molecule has 0 radical (unpaired) electrons. The molecule has 1 heterocycles. The lowest BCUT2D eigenvalue weighted by molar-refractivity contribution is -0.125. The smallest absolute Gasteiger partial charge is 0.239 e. The molecule has 5 heteroatoms. The van der Waals surface area contributed by atoms with Crippen molar-refractivity contribution in [1.29, 1.82) is 0 Å². The highest BCUT2D eigenvalue weighted by atomic mass is 16.2. The molecular formula is C17H21N3O2. The lowest BCUT2D eigenvalue weighted by Gasteiger charge is -2.06. The molecule has 3 rings (SSSR count). The Morgan fingerprint density at radius 3 is 2.73 bits per heavy atom. The van der Waals surface area contributed by atoms with Crippen LogP contribution in [0.15, 0.2) is 18.2 Å². The molecule has 1 fully saturated rings. The highest BCUT2D eigenvalue weighted by Gasteiger charge is 2.23. The van der Waals surface area contributed by atoms with Gasteiger partial charge in [0.25, 0.3) is 0 Å². The zero-order chi connectivity index (χ0) is 15.7. The van der Waals surface area contributed by atoms with Crippen molar-refractivity contribution in [3.8, 4) is 0 Å². The molecule has 22 heavy (non-hydrogen) atoms. The summed E-state index contributed by atoms with van der Waals surface area (Å²) in [5, 5.41) is 6.63. The van der Waals surface area contributed by atoms with Gasteiger partial charge in [-0.05, 0) is 44.4 Å². The molecule has 116 valence electrons. The molecule has 1 aliphatic rings. The molecule has 0 atom stereocenters. The maximum atomic E-state index is 12.1. The van der Waals surface area contributed by atoms with E-state index >= 15 is 0 Å². The SMILES string of the molecule is Cc1ccc2[nH]c(C)c(CC(=O)NCC(=O)NC3CC3)c2c1. The number of nitrogens with one attached hydrogen (secondary N) is 3. The van der Waals surface area contributed by atoms with Gasteiger partial charge in [0.15, 0.2) is 0 Å². The number of hydrogen-bond acceptors (Lipinski definition) is 2. The first-order valence-corrected chi connectivity index (χ1v) is 7.67. The Kier molecular flexibility index (Phi) is 3.88. The summed E-state index contributed by atoms with van der Waals surface area (Å²) in [6, 6.07) is 6.48. The first kappa shape index (κ1) is 14.6. The zero-order valence-electron chi connectivity index (χ0n) is 13.0. The third-order valence-electron chi connectivity index (χ3n) is 4.00. The van der Waals surface area contributed by atoms with Crippen LogP contribution in [0.25, 0.3) is 10.9 Å². The highest BCUT2D eigenvalue weighted by Crippen LogP contribution is 2.23. The van der Waals surface area contributed by atoms with Crippen LogP contribution in [-0.2, 0) is 16.0 Å². The lowest BCUT2D eigenvalue weighted by Crippen LogP contribution is -2.38. The van der Waals surface area contributed by atoms with Crippen LogP contribution >= 0.6 is 0 Å². The van der Waals surface area contributed by atoms with Gasteiger partial charge < -0.3 is 15.6 Å². The third-order valence-corrected chi connectivity index (χ3v) is 4.00. The summed E-state index contributed by atoms with van der Waals surface area (Å²) in [6.45, 7) is 4.06. The minimum Gasteiger partial charge on any atom is -0.358 e. The van der Waals surface area contributed by atoms with Gasteiger partial charge >= 0.3 is 0 Å². The van der Waals surface area contributed by atoms with Crippen molar-refractivity contribution in [3.63, 3.8) is 0 Å². The Balaban J connectivity index is 1.64. The number of aromatic amines is 1. The van der Waals surface area contributed by atoms with E-state index in [-0.39, 0.29) is 24.8 Å². The first-order valence-electron chi connectivity index (χ1n) is 7.67. The number of carbonyl (C=O) groups excluding carboxylic acids is 2. The van der Waals surface area contributed by atoms with Crippen molar-refractivity contribution in [1.82, 2.24) is 15.6 Å². The van der Waals surface area contributed by atoms with Gasteiger partial charge in [-0.15, -0.1) is 0 Å². The number of carbonyl (C=O) groups is 2. The van der Waals surface area contributed by atoms with Crippen molar-refractivity contribution in [2.24, 2.45) is 0 Å². The Morgan fingerprint density at radius 2 is 2.00 bits per heavy atom. The van der Waals surface area contributed by atoms with Crippen LogP contribution < -0.4 is 10.6 Å². The van der Waals surface area contributed by atoms with Crippen molar-refractivity contribution < 1.29 is 9.59 Å². The van der Waals surface area contributed by atoms with Gasteiger partial charge in [-0.2, -0.15) is 0 Å². The standard InChI is InChI=1S/C17H21N3O2/c1-10-3-6-15-14(7-10)13(11(2)19-15)8-16(21)18-9-17(22)20-12-4-5-12/h3,6-7,12,19H,4-5,8-9H2,1-2H3,(H,18,21)(H,20,22). The van der Waals surface area contributed by atoms with Crippen molar-refractivity contribution in [3.05, 3.63) is 35.0 Å². The van der Waals surface area contributed by atoms with Gasteiger partial charge in [0.1, 0.15) is 0 Å². The number of aryl methyl sites for hydroxylation is 2. The predicted octanol–water partition coefficient (Wildman–Crippen LogP) is 1.72. The number of rotatable bonds is 5. The predicted molar refractivity (Wildman–Crippen MR) is 85.7 cm³/mol. The Hall–Kier alpha value is -2.30. The second-order valence-electron chi connectivity index (χ2n) is 6.07. The molecule has 1 saturated carbocycles. The Labute approximate surface area is 129 Å². The Morgan fingerprint density at radius 1 is 1.23 bits per heavy atom. The van der Waals surface area contributed by atoms with Crippen LogP contribution in [0.1, 0.15) is 29.7 Å². The van der Waals surface area contributed by atoms with Crippen molar-refractivity contribution in [2.45, 2.75) is 39.2 Å². The van der Waals surface area contributed by atoms with Gasteiger partial charge in [-0.3, -0.25) is 9.59 Å². The van der Waals surface area contributed by atoms with E-state index in [2.05, 4.69) is 21.7 Å². The topological polar surface area (TPSA) is 74.0 Å². The van der Waals surface area contributed by atoms with Crippen molar-refractivity contribution in [2.75, 3.05) is 6.54 Å².